The average molecular weight is 615 g/mol. The second kappa shape index (κ2) is 14.4. The smallest absolute Gasteiger partial charge is 0.336 e. The third kappa shape index (κ3) is 7.53. The molecule has 0 aliphatic heterocycles. The number of benzene rings is 4. The molecule has 0 amide bonds. The Morgan fingerprint density at radius 3 is 1.83 bits per heavy atom. The highest BCUT2D eigenvalue weighted by molar-refractivity contribution is 5.97. The van der Waals surface area contributed by atoms with Crippen LogP contribution in [0.3, 0.4) is 0 Å². The van der Waals surface area contributed by atoms with Crippen molar-refractivity contribution in [2.24, 2.45) is 0 Å². The van der Waals surface area contributed by atoms with Crippen LogP contribution in [0.25, 0.3) is 22.3 Å². The zero-order valence-corrected chi connectivity index (χ0v) is 25.4. The number of aryl methyl sites for hydroxylation is 1. The molecule has 8 heteroatoms. The summed E-state index contributed by atoms with van der Waals surface area (Å²) in [6.07, 6.45) is 2.75. The van der Waals surface area contributed by atoms with Gasteiger partial charge in [-0.3, -0.25) is 4.79 Å². The second-order valence-corrected chi connectivity index (χ2v) is 11.1. The van der Waals surface area contributed by atoms with Crippen LogP contribution < -0.4 is 0 Å². The Hall–Kier alpha value is -5.63. The molecule has 0 saturated carbocycles. The zero-order chi connectivity index (χ0) is 32.6. The SMILES string of the molecule is CCCCc1nc(Cc2ccc(-c3ccccc3C(=O)O)cc2)c(CC(=O)O)c(Cc2ccc(-c3ccccc3)c(C(=O)O)c2)n1. The summed E-state index contributed by atoms with van der Waals surface area (Å²) in [5, 5.41) is 29.5. The van der Waals surface area contributed by atoms with E-state index in [1.165, 1.54) is 0 Å². The highest BCUT2D eigenvalue weighted by Crippen LogP contribution is 2.28. The predicted molar refractivity (Wildman–Crippen MR) is 175 cm³/mol. The maximum absolute atomic E-state index is 12.3. The second-order valence-electron chi connectivity index (χ2n) is 11.1. The molecule has 232 valence electrons. The molecular formula is C38H34N2O6. The van der Waals surface area contributed by atoms with Crippen molar-refractivity contribution in [2.45, 2.75) is 45.4 Å². The van der Waals surface area contributed by atoms with Crippen molar-refractivity contribution in [1.29, 1.82) is 0 Å². The Labute approximate surface area is 267 Å². The van der Waals surface area contributed by atoms with Gasteiger partial charge in [0.05, 0.1) is 28.9 Å². The first-order valence-electron chi connectivity index (χ1n) is 15.2. The van der Waals surface area contributed by atoms with E-state index in [4.69, 9.17) is 9.97 Å². The van der Waals surface area contributed by atoms with Gasteiger partial charge in [0.25, 0.3) is 0 Å². The van der Waals surface area contributed by atoms with E-state index in [0.717, 1.165) is 29.5 Å². The van der Waals surface area contributed by atoms with Crippen LogP contribution in [-0.4, -0.2) is 43.2 Å². The fourth-order valence-corrected chi connectivity index (χ4v) is 5.59. The summed E-state index contributed by atoms with van der Waals surface area (Å²) in [7, 11) is 0. The third-order valence-electron chi connectivity index (χ3n) is 7.87. The van der Waals surface area contributed by atoms with E-state index in [0.29, 0.717) is 52.3 Å². The molecule has 0 atom stereocenters. The van der Waals surface area contributed by atoms with Crippen molar-refractivity contribution >= 4 is 17.9 Å². The van der Waals surface area contributed by atoms with Gasteiger partial charge < -0.3 is 15.3 Å². The minimum Gasteiger partial charge on any atom is -0.481 e. The van der Waals surface area contributed by atoms with Crippen LogP contribution in [0.1, 0.15) is 74.4 Å². The quantitative estimate of drug-likeness (QED) is 0.125. The number of carboxylic acid groups (broad SMARTS) is 3. The normalized spacial score (nSPS) is 10.9. The number of aromatic nitrogens is 2. The molecular weight excluding hydrogens is 580 g/mol. The molecule has 0 fully saturated rings. The summed E-state index contributed by atoms with van der Waals surface area (Å²) < 4.78 is 0. The summed E-state index contributed by atoms with van der Waals surface area (Å²) >= 11 is 0. The summed E-state index contributed by atoms with van der Waals surface area (Å²) in [5.41, 5.74) is 6.40. The van der Waals surface area contributed by atoms with E-state index in [9.17, 15) is 29.7 Å². The first kappa shape index (κ1) is 31.8. The first-order valence-corrected chi connectivity index (χ1v) is 15.2. The van der Waals surface area contributed by atoms with Gasteiger partial charge in [-0.1, -0.05) is 98.3 Å². The molecule has 0 saturated heterocycles. The van der Waals surface area contributed by atoms with Crippen LogP contribution in [0, 0.1) is 0 Å². The number of hydrogen-bond acceptors (Lipinski definition) is 5. The summed E-state index contributed by atoms with van der Waals surface area (Å²) in [4.78, 5) is 45.8. The van der Waals surface area contributed by atoms with Gasteiger partial charge in [-0.15, -0.1) is 0 Å². The molecule has 3 N–H and O–H groups in total. The number of rotatable bonds is 13. The number of nitrogens with zero attached hydrogens (tertiary/aromatic N) is 2. The fourth-order valence-electron chi connectivity index (χ4n) is 5.59. The van der Waals surface area contributed by atoms with Gasteiger partial charge in [0.1, 0.15) is 5.82 Å². The summed E-state index contributed by atoms with van der Waals surface area (Å²) in [6.45, 7) is 2.08. The van der Waals surface area contributed by atoms with Crippen LogP contribution >= 0.6 is 0 Å². The van der Waals surface area contributed by atoms with Gasteiger partial charge in [-0.2, -0.15) is 0 Å². The van der Waals surface area contributed by atoms with Crippen molar-refractivity contribution in [1.82, 2.24) is 9.97 Å². The number of aromatic carboxylic acids is 2. The molecule has 0 unspecified atom stereocenters. The van der Waals surface area contributed by atoms with Gasteiger partial charge in [-0.05, 0) is 51.9 Å². The lowest BCUT2D eigenvalue weighted by Crippen LogP contribution is -2.15. The van der Waals surface area contributed by atoms with Crippen LogP contribution in [0.15, 0.2) is 97.1 Å². The Balaban J connectivity index is 1.53. The van der Waals surface area contributed by atoms with Gasteiger partial charge in [0.2, 0.25) is 0 Å². The lowest BCUT2D eigenvalue weighted by Gasteiger charge is -2.16. The Bertz CT molecular complexity index is 1880. The van der Waals surface area contributed by atoms with Gasteiger partial charge in [0, 0.05) is 24.8 Å². The number of carbonyl (C=O) groups is 3. The molecule has 0 aliphatic carbocycles. The number of aliphatic carboxylic acids is 1. The standard InChI is InChI=1S/C38H34N2O6/c1-2-3-13-35-39-33(21-24-14-17-27(18-15-24)28-11-7-8-12-30(28)37(43)44)32(23-36(41)42)34(40-35)22-25-16-19-29(31(20-25)38(45)46)26-9-5-4-6-10-26/h4-12,14-20H,2-3,13,21-23H2,1H3,(H,41,42)(H,43,44)(H,45,46). The van der Waals surface area contributed by atoms with Gasteiger partial charge in [0.15, 0.2) is 0 Å². The Morgan fingerprint density at radius 1 is 0.630 bits per heavy atom. The minimum atomic E-state index is -1.05. The molecule has 5 aromatic rings. The molecule has 4 aromatic carbocycles. The highest BCUT2D eigenvalue weighted by atomic mass is 16.4. The molecule has 0 aliphatic rings. The molecule has 46 heavy (non-hydrogen) atoms. The van der Waals surface area contributed by atoms with Gasteiger partial charge in [-0.25, -0.2) is 19.6 Å². The molecule has 1 heterocycles. The number of unbranched alkanes of at least 4 members (excludes halogenated alkanes) is 1. The molecule has 0 bridgehead atoms. The lowest BCUT2D eigenvalue weighted by molar-refractivity contribution is -0.136. The van der Waals surface area contributed by atoms with Crippen LogP contribution in [0.4, 0.5) is 0 Å². The third-order valence-corrected chi connectivity index (χ3v) is 7.87. The molecule has 1 aromatic heterocycles. The maximum Gasteiger partial charge on any atom is 0.336 e. The van der Waals surface area contributed by atoms with E-state index in [1.807, 2.05) is 60.7 Å². The average Bonchev–Trinajstić information content (AvgIpc) is 3.05. The number of carboxylic acids is 3. The summed E-state index contributed by atoms with van der Waals surface area (Å²) in [5.74, 6) is -2.45. The van der Waals surface area contributed by atoms with E-state index < -0.39 is 17.9 Å². The molecule has 0 radical (unpaired) electrons. The minimum absolute atomic E-state index is 0.161. The fraction of sp³-hybridized carbons (Fsp3) is 0.184. The van der Waals surface area contributed by atoms with E-state index in [-0.39, 0.29) is 24.0 Å². The lowest BCUT2D eigenvalue weighted by atomic mass is 9.93. The number of hydrogen-bond donors (Lipinski definition) is 3. The molecule has 8 nitrogen and oxygen atoms in total. The predicted octanol–water partition coefficient (Wildman–Crippen LogP) is 7.36. The highest BCUT2D eigenvalue weighted by Gasteiger charge is 2.20. The zero-order valence-electron chi connectivity index (χ0n) is 25.4. The van der Waals surface area contributed by atoms with Crippen molar-refractivity contribution in [3.05, 3.63) is 142 Å². The molecule has 5 rings (SSSR count). The van der Waals surface area contributed by atoms with Crippen molar-refractivity contribution in [2.75, 3.05) is 0 Å². The first-order chi connectivity index (χ1) is 22.2. The maximum atomic E-state index is 12.3. The largest absolute Gasteiger partial charge is 0.481 e. The van der Waals surface area contributed by atoms with E-state index >= 15 is 0 Å². The monoisotopic (exact) mass is 614 g/mol. The molecule has 0 spiro atoms. The Morgan fingerprint density at radius 2 is 1.20 bits per heavy atom. The Kier molecular flexibility index (Phi) is 9.97. The topological polar surface area (TPSA) is 138 Å². The summed E-state index contributed by atoms with van der Waals surface area (Å²) in [6, 6.07) is 28.9. The van der Waals surface area contributed by atoms with Crippen LogP contribution in [-0.2, 0) is 30.5 Å². The van der Waals surface area contributed by atoms with Gasteiger partial charge >= 0.3 is 17.9 Å². The van der Waals surface area contributed by atoms with Crippen LogP contribution in [0.5, 0.6) is 0 Å². The van der Waals surface area contributed by atoms with Crippen molar-refractivity contribution < 1.29 is 29.7 Å². The van der Waals surface area contributed by atoms with E-state index in [1.54, 1.807) is 36.4 Å². The van der Waals surface area contributed by atoms with E-state index in [2.05, 4.69) is 6.92 Å². The van der Waals surface area contributed by atoms with Crippen molar-refractivity contribution in [3.8, 4) is 22.3 Å². The van der Waals surface area contributed by atoms with Crippen LogP contribution in [0.2, 0.25) is 0 Å². The van der Waals surface area contributed by atoms with Crippen molar-refractivity contribution in [3.63, 3.8) is 0 Å².